The highest BCUT2D eigenvalue weighted by molar-refractivity contribution is 6.08. The quantitative estimate of drug-likeness (QED) is 0.607. The van der Waals surface area contributed by atoms with Crippen LogP contribution >= 0.6 is 0 Å². The van der Waals surface area contributed by atoms with Crippen LogP contribution in [0, 0.1) is 0 Å². The second-order valence-electron chi connectivity index (χ2n) is 7.99. The van der Waals surface area contributed by atoms with E-state index in [4.69, 9.17) is 0 Å². The molecule has 1 fully saturated rings. The van der Waals surface area contributed by atoms with E-state index >= 15 is 0 Å². The zero-order valence-corrected chi connectivity index (χ0v) is 16.5. The van der Waals surface area contributed by atoms with Crippen LogP contribution < -0.4 is 16.0 Å². The Bertz CT molecular complexity index is 1150. The highest BCUT2D eigenvalue weighted by Crippen LogP contribution is 2.46. The van der Waals surface area contributed by atoms with Gasteiger partial charge < -0.3 is 16.0 Å². The van der Waals surface area contributed by atoms with Gasteiger partial charge in [-0.15, -0.1) is 0 Å². The SMILES string of the molecule is CC1(c2ccc(NC(=O)c3cccnc3Nc3cccc4c3CNC4=O)cn2)CC1. The Morgan fingerprint density at radius 2 is 1.97 bits per heavy atom. The molecule has 7 heteroatoms. The number of hydrogen-bond donors (Lipinski definition) is 3. The third kappa shape index (κ3) is 3.28. The summed E-state index contributed by atoms with van der Waals surface area (Å²) in [6, 6.07) is 12.8. The van der Waals surface area contributed by atoms with Gasteiger partial charge in [-0.05, 0) is 49.2 Å². The van der Waals surface area contributed by atoms with Crippen molar-refractivity contribution in [2.75, 3.05) is 10.6 Å². The first-order chi connectivity index (χ1) is 14.5. The normalized spacial score (nSPS) is 15.8. The summed E-state index contributed by atoms with van der Waals surface area (Å²) >= 11 is 0. The Morgan fingerprint density at radius 3 is 2.73 bits per heavy atom. The number of carbonyl (C=O) groups is 2. The van der Waals surface area contributed by atoms with Gasteiger partial charge in [0.1, 0.15) is 5.82 Å². The van der Waals surface area contributed by atoms with Crippen LogP contribution in [0.3, 0.4) is 0 Å². The van der Waals surface area contributed by atoms with Gasteiger partial charge in [-0.25, -0.2) is 4.98 Å². The number of nitrogens with zero attached hydrogens (tertiary/aromatic N) is 2. The molecule has 2 amide bonds. The van der Waals surface area contributed by atoms with E-state index in [1.54, 1.807) is 30.6 Å². The molecule has 1 aliphatic heterocycles. The van der Waals surface area contributed by atoms with E-state index in [1.165, 1.54) is 0 Å². The fraction of sp³-hybridized carbons (Fsp3) is 0.217. The lowest BCUT2D eigenvalue weighted by atomic mass is 10.1. The predicted molar refractivity (Wildman–Crippen MR) is 114 cm³/mol. The van der Waals surface area contributed by atoms with Gasteiger partial charge in [0, 0.05) is 40.7 Å². The first-order valence-electron chi connectivity index (χ1n) is 9.93. The number of nitrogens with one attached hydrogen (secondary N) is 3. The molecule has 1 aliphatic carbocycles. The molecule has 3 N–H and O–H groups in total. The summed E-state index contributed by atoms with van der Waals surface area (Å²) < 4.78 is 0. The monoisotopic (exact) mass is 399 g/mol. The molecule has 0 radical (unpaired) electrons. The molecule has 0 spiro atoms. The van der Waals surface area contributed by atoms with Gasteiger partial charge in [-0.1, -0.05) is 13.0 Å². The van der Waals surface area contributed by atoms with Crippen molar-refractivity contribution in [3.63, 3.8) is 0 Å². The number of pyridine rings is 2. The number of aromatic nitrogens is 2. The summed E-state index contributed by atoms with van der Waals surface area (Å²) in [5.74, 6) is 0.0565. The summed E-state index contributed by atoms with van der Waals surface area (Å²) in [6.45, 7) is 2.65. The molecule has 3 aromatic rings. The zero-order valence-electron chi connectivity index (χ0n) is 16.5. The second kappa shape index (κ2) is 6.95. The van der Waals surface area contributed by atoms with Crippen molar-refractivity contribution >= 4 is 29.0 Å². The molecule has 0 bridgehead atoms. The smallest absolute Gasteiger partial charge is 0.259 e. The second-order valence-corrected chi connectivity index (χ2v) is 7.99. The van der Waals surface area contributed by atoms with E-state index in [0.717, 1.165) is 29.8 Å². The molecule has 7 nitrogen and oxygen atoms in total. The molecule has 3 heterocycles. The van der Waals surface area contributed by atoms with E-state index in [-0.39, 0.29) is 17.2 Å². The third-order valence-corrected chi connectivity index (χ3v) is 5.79. The molecule has 0 saturated heterocycles. The predicted octanol–water partition coefficient (Wildman–Crippen LogP) is 3.77. The Hall–Kier alpha value is -3.74. The number of anilines is 3. The Kier molecular flexibility index (Phi) is 4.24. The molecule has 0 unspecified atom stereocenters. The van der Waals surface area contributed by atoms with Crippen molar-refractivity contribution in [2.45, 2.75) is 31.7 Å². The Morgan fingerprint density at radius 1 is 1.10 bits per heavy atom. The number of hydrogen-bond acceptors (Lipinski definition) is 5. The standard InChI is InChI=1S/C23H21N5O2/c1-23(9-10-23)19-8-7-14(12-25-19)27-22(30)16-5-3-11-24-20(16)28-18-6-2-4-15-17(18)13-26-21(15)29/h2-8,11-12H,9-10,13H2,1H3,(H,24,28)(H,26,29)(H,27,30). The number of fused-ring (bicyclic) bond motifs is 1. The molecule has 1 aromatic carbocycles. The molecule has 2 aliphatic rings. The van der Waals surface area contributed by atoms with E-state index in [1.807, 2.05) is 24.3 Å². The van der Waals surface area contributed by atoms with Crippen LogP contribution in [-0.4, -0.2) is 21.8 Å². The maximum absolute atomic E-state index is 12.9. The van der Waals surface area contributed by atoms with Crippen LogP contribution in [0.4, 0.5) is 17.2 Å². The van der Waals surface area contributed by atoms with Gasteiger partial charge >= 0.3 is 0 Å². The summed E-state index contributed by atoms with van der Waals surface area (Å²) in [5.41, 5.74) is 4.55. The van der Waals surface area contributed by atoms with Crippen LogP contribution in [0.15, 0.2) is 54.9 Å². The first kappa shape index (κ1) is 18.3. The fourth-order valence-electron chi connectivity index (χ4n) is 3.65. The highest BCUT2D eigenvalue weighted by Gasteiger charge is 2.40. The number of carbonyl (C=O) groups excluding carboxylic acids is 2. The van der Waals surface area contributed by atoms with Gasteiger partial charge in [0.05, 0.1) is 17.4 Å². The lowest BCUT2D eigenvalue weighted by Gasteiger charge is -2.14. The largest absolute Gasteiger partial charge is 0.348 e. The van der Waals surface area contributed by atoms with Gasteiger partial charge in [0.15, 0.2) is 0 Å². The molecule has 0 atom stereocenters. The average molecular weight is 399 g/mol. The minimum atomic E-state index is -0.278. The van der Waals surface area contributed by atoms with Crippen molar-refractivity contribution in [1.82, 2.24) is 15.3 Å². The molecule has 150 valence electrons. The molecule has 30 heavy (non-hydrogen) atoms. The van der Waals surface area contributed by atoms with Gasteiger partial charge in [-0.3, -0.25) is 14.6 Å². The maximum atomic E-state index is 12.9. The molecular weight excluding hydrogens is 378 g/mol. The fourth-order valence-corrected chi connectivity index (χ4v) is 3.65. The Balaban J connectivity index is 1.37. The third-order valence-electron chi connectivity index (χ3n) is 5.79. The molecule has 2 aromatic heterocycles. The summed E-state index contributed by atoms with van der Waals surface area (Å²) in [4.78, 5) is 33.7. The number of amides is 2. The van der Waals surface area contributed by atoms with Crippen LogP contribution in [0.25, 0.3) is 0 Å². The van der Waals surface area contributed by atoms with Crippen LogP contribution in [0.1, 0.15) is 51.7 Å². The number of rotatable bonds is 5. The van der Waals surface area contributed by atoms with Gasteiger partial charge in [-0.2, -0.15) is 0 Å². The average Bonchev–Trinajstić information content (AvgIpc) is 3.40. The van der Waals surface area contributed by atoms with Crippen molar-refractivity contribution in [2.24, 2.45) is 0 Å². The Labute approximate surface area is 174 Å². The van der Waals surface area contributed by atoms with Crippen molar-refractivity contribution in [3.05, 3.63) is 77.2 Å². The lowest BCUT2D eigenvalue weighted by Crippen LogP contribution is -2.15. The van der Waals surface area contributed by atoms with Crippen molar-refractivity contribution in [3.8, 4) is 0 Å². The molecular formula is C23H21N5O2. The van der Waals surface area contributed by atoms with Crippen LogP contribution in [0.2, 0.25) is 0 Å². The van der Waals surface area contributed by atoms with Crippen LogP contribution in [-0.2, 0) is 12.0 Å². The van der Waals surface area contributed by atoms with E-state index in [0.29, 0.717) is 29.2 Å². The first-order valence-corrected chi connectivity index (χ1v) is 9.93. The molecule has 5 rings (SSSR count). The minimum Gasteiger partial charge on any atom is -0.348 e. The van der Waals surface area contributed by atoms with E-state index < -0.39 is 0 Å². The molecule has 1 saturated carbocycles. The van der Waals surface area contributed by atoms with Gasteiger partial charge in [0.2, 0.25) is 0 Å². The zero-order chi connectivity index (χ0) is 20.7. The lowest BCUT2D eigenvalue weighted by molar-refractivity contribution is 0.0964. The summed E-state index contributed by atoms with van der Waals surface area (Å²) in [6.07, 6.45) is 5.63. The van der Waals surface area contributed by atoms with E-state index in [2.05, 4.69) is 32.8 Å². The van der Waals surface area contributed by atoms with Crippen LogP contribution in [0.5, 0.6) is 0 Å². The minimum absolute atomic E-state index is 0.0939. The number of benzene rings is 1. The highest BCUT2D eigenvalue weighted by atomic mass is 16.2. The van der Waals surface area contributed by atoms with Crippen molar-refractivity contribution < 1.29 is 9.59 Å². The summed E-state index contributed by atoms with van der Waals surface area (Å²) in [7, 11) is 0. The van der Waals surface area contributed by atoms with E-state index in [9.17, 15) is 9.59 Å². The summed E-state index contributed by atoms with van der Waals surface area (Å²) in [5, 5.41) is 8.93. The maximum Gasteiger partial charge on any atom is 0.259 e. The van der Waals surface area contributed by atoms with Gasteiger partial charge in [0.25, 0.3) is 11.8 Å². The van der Waals surface area contributed by atoms with Crippen molar-refractivity contribution in [1.29, 1.82) is 0 Å². The topological polar surface area (TPSA) is 96.0 Å².